The van der Waals surface area contributed by atoms with Crippen LogP contribution in [0.3, 0.4) is 0 Å². The van der Waals surface area contributed by atoms with Gasteiger partial charge in [-0.1, -0.05) is 13.8 Å². The number of nitrogens with one attached hydrogen (secondary N) is 1. The third-order valence-electron chi connectivity index (χ3n) is 3.30. The number of hydrogen-bond acceptors (Lipinski definition) is 9. The topological polar surface area (TPSA) is 182 Å². The molecule has 0 aromatic carbocycles. The molecule has 1 saturated heterocycles. The van der Waals surface area contributed by atoms with Crippen LogP contribution in [0, 0.1) is 20.2 Å². The summed E-state index contributed by atoms with van der Waals surface area (Å²) in [7, 11) is 0. The molecule has 2 N–H and O–H groups in total. The molecule has 1 atom stereocenters. The van der Waals surface area contributed by atoms with Crippen molar-refractivity contribution in [2.75, 3.05) is 31.2 Å². The van der Waals surface area contributed by atoms with Crippen LogP contribution in [0.25, 0.3) is 0 Å². The Morgan fingerprint density at radius 3 is 2.19 bits per heavy atom. The number of ether oxygens (including phenoxy) is 1. The molecule has 0 saturated carbocycles. The second kappa shape index (κ2) is 11.2. The number of likely N-dealkylation sites (tertiary alicyclic amines) is 1. The number of carboxylic acids is 1. The zero-order chi connectivity index (χ0) is 21.2. The summed E-state index contributed by atoms with van der Waals surface area (Å²) >= 11 is 0.870. The summed E-state index contributed by atoms with van der Waals surface area (Å²) in [6, 6.07) is -1.29. The molecule has 0 aromatic heterocycles. The summed E-state index contributed by atoms with van der Waals surface area (Å²) in [4.78, 5) is 54.5. The van der Waals surface area contributed by atoms with Crippen molar-refractivity contribution in [3.63, 3.8) is 0 Å². The molecule has 27 heavy (non-hydrogen) atoms. The van der Waals surface area contributed by atoms with Crippen molar-refractivity contribution in [1.82, 2.24) is 10.2 Å². The summed E-state index contributed by atoms with van der Waals surface area (Å²) in [5.41, 5.74) is -2.38. The number of amides is 2. The van der Waals surface area contributed by atoms with Crippen LogP contribution in [0.2, 0.25) is 0 Å². The number of thioether (sulfide) groups is 1. The molecule has 14 heteroatoms. The van der Waals surface area contributed by atoms with Crippen molar-refractivity contribution in [3.05, 3.63) is 20.2 Å². The first-order chi connectivity index (χ1) is 12.6. The van der Waals surface area contributed by atoms with Gasteiger partial charge in [-0.25, -0.2) is 9.59 Å². The highest BCUT2D eigenvalue weighted by Gasteiger charge is 2.67. The average Bonchev–Trinajstić information content (AvgIpc) is 2.54. The number of nitrogens with zero attached hydrogens (tertiary/aromatic N) is 3. The number of nitro groups is 2. The van der Waals surface area contributed by atoms with E-state index in [-0.39, 0.29) is 18.1 Å². The smallest absolute Gasteiger partial charge is 0.480 e. The van der Waals surface area contributed by atoms with Gasteiger partial charge < -0.3 is 20.1 Å². The largest absolute Gasteiger partial charge is 0.492 e. The van der Waals surface area contributed by atoms with Gasteiger partial charge in [0.15, 0.2) is 13.1 Å². The standard InChI is InChI=1S/C11H16N4O9S.C2H6/c1-2-24-10(19)12-7(9(17)18)3-25-4-8(16)13-5-11(6-13,14(20)21)15(22)23;1-2/h7H,2-6H2,1H3,(H,12,19)(H,17,18);1-2H3. The molecular weight excluding hydrogens is 388 g/mol. The number of alkyl carbamates (subject to hydrolysis) is 1. The van der Waals surface area contributed by atoms with E-state index in [1.807, 2.05) is 13.8 Å². The van der Waals surface area contributed by atoms with Crippen LogP contribution in [0.15, 0.2) is 0 Å². The van der Waals surface area contributed by atoms with E-state index < -0.39 is 52.6 Å². The summed E-state index contributed by atoms with van der Waals surface area (Å²) in [5.74, 6) is -2.30. The van der Waals surface area contributed by atoms with Crippen LogP contribution < -0.4 is 5.32 Å². The molecule has 1 unspecified atom stereocenters. The normalized spacial score (nSPS) is 15.3. The van der Waals surface area contributed by atoms with Gasteiger partial charge in [0.1, 0.15) is 15.9 Å². The minimum atomic E-state index is -2.38. The molecule has 1 aliphatic heterocycles. The SMILES string of the molecule is CC.CCOC(=O)NC(CSCC(=O)N1CC([N+](=O)[O-])([N+](=O)[O-])C1)C(=O)O. The summed E-state index contributed by atoms with van der Waals surface area (Å²) in [6.07, 6.45) is -0.911. The molecule has 1 fully saturated rings. The lowest BCUT2D eigenvalue weighted by Gasteiger charge is -2.35. The Kier molecular flexibility index (Phi) is 10.1. The van der Waals surface area contributed by atoms with Gasteiger partial charge in [-0.3, -0.25) is 25.0 Å². The van der Waals surface area contributed by atoms with Gasteiger partial charge >= 0.3 is 17.7 Å². The molecule has 1 aliphatic rings. The van der Waals surface area contributed by atoms with Gasteiger partial charge in [0, 0.05) is 5.75 Å². The highest BCUT2D eigenvalue weighted by atomic mass is 32.2. The van der Waals surface area contributed by atoms with E-state index in [1.54, 1.807) is 6.92 Å². The lowest BCUT2D eigenvalue weighted by atomic mass is 10.0. The van der Waals surface area contributed by atoms with E-state index in [1.165, 1.54) is 0 Å². The van der Waals surface area contributed by atoms with Crippen molar-refractivity contribution in [3.8, 4) is 0 Å². The van der Waals surface area contributed by atoms with Crippen LogP contribution in [0.1, 0.15) is 20.8 Å². The maximum absolute atomic E-state index is 11.8. The Morgan fingerprint density at radius 1 is 1.26 bits per heavy atom. The predicted octanol–water partition coefficient (Wildman–Crippen LogP) is 0.0370. The third-order valence-corrected chi connectivity index (χ3v) is 4.32. The lowest BCUT2D eigenvalue weighted by molar-refractivity contribution is -0.809. The molecule has 13 nitrogen and oxygen atoms in total. The lowest BCUT2D eigenvalue weighted by Crippen LogP contribution is -2.71. The van der Waals surface area contributed by atoms with E-state index in [0.29, 0.717) is 0 Å². The van der Waals surface area contributed by atoms with Crippen molar-refractivity contribution in [2.45, 2.75) is 32.5 Å². The summed E-state index contributed by atoms with van der Waals surface area (Å²) in [6.45, 7) is 4.32. The molecule has 154 valence electrons. The van der Waals surface area contributed by atoms with E-state index in [9.17, 15) is 34.6 Å². The number of hydrogen-bond donors (Lipinski definition) is 2. The molecule has 0 aliphatic carbocycles. The first kappa shape index (κ1) is 24.4. The second-order valence-corrected chi connectivity index (χ2v) is 6.05. The zero-order valence-corrected chi connectivity index (χ0v) is 15.9. The maximum Gasteiger partial charge on any atom is 0.492 e. The van der Waals surface area contributed by atoms with E-state index in [4.69, 9.17) is 5.11 Å². The van der Waals surface area contributed by atoms with Crippen molar-refractivity contribution < 1.29 is 34.1 Å². The molecule has 1 heterocycles. The molecule has 1 rings (SSSR count). The Hall–Kier alpha value is -2.64. The van der Waals surface area contributed by atoms with Gasteiger partial charge in [-0.15, -0.1) is 11.8 Å². The number of carbonyl (C=O) groups excluding carboxylic acids is 2. The zero-order valence-electron chi connectivity index (χ0n) is 15.1. The van der Waals surface area contributed by atoms with Crippen LogP contribution in [0.4, 0.5) is 4.79 Å². The van der Waals surface area contributed by atoms with E-state index in [0.717, 1.165) is 16.7 Å². The monoisotopic (exact) mass is 410 g/mol. The molecule has 0 radical (unpaired) electrons. The van der Waals surface area contributed by atoms with Gasteiger partial charge in [0.25, 0.3) is 0 Å². The number of carbonyl (C=O) groups is 3. The minimum Gasteiger partial charge on any atom is -0.480 e. The predicted molar refractivity (Wildman–Crippen MR) is 93.6 cm³/mol. The fraction of sp³-hybridized carbons (Fsp3) is 0.769. The van der Waals surface area contributed by atoms with E-state index in [2.05, 4.69) is 10.1 Å². The van der Waals surface area contributed by atoms with Crippen molar-refractivity contribution >= 4 is 29.7 Å². The average molecular weight is 410 g/mol. The molecule has 0 spiro atoms. The third kappa shape index (κ3) is 6.54. The molecular formula is C13H22N4O9S. The molecule has 0 aromatic rings. The van der Waals surface area contributed by atoms with Crippen LogP contribution in [-0.2, 0) is 14.3 Å². The molecule has 0 bridgehead atoms. The van der Waals surface area contributed by atoms with Crippen LogP contribution >= 0.6 is 11.8 Å². The second-order valence-electron chi connectivity index (χ2n) is 5.02. The quantitative estimate of drug-likeness (QED) is 0.299. The molecule has 2 amide bonds. The fourth-order valence-electron chi connectivity index (χ4n) is 1.88. The van der Waals surface area contributed by atoms with Gasteiger partial charge in [-0.2, -0.15) is 0 Å². The highest BCUT2D eigenvalue weighted by molar-refractivity contribution is 8.00. The summed E-state index contributed by atoms with van der Waals surface area (Å²) in [5, 5.41) is 32.6. The Balaban J connectivity index is 0.00000326. The van der Waals surface area contributed by atoms with E-state index >= 15 is 0 Å². The summed E-state index contributed by atoms with van der Waals surface area (Å²) < 4.78 is 4.56. The Bertz CT molecular complexity index is 564. The highest BCUT2D eigenvalue weighted by Crippen LogP contribution is 2.25. The van der Waals surface area contributed by atoms with Crippen molar-refractivity contribution in [1.29, 1.82) is 0 Å². The fourth-order valence-corrected chi connectivity index (χ4v) is 2.82. The van der Waals surface area contributed by atoms with Crippen LogP contribution in [-0.4, -0.2) is 80.7 Å². The first-order valence-corrected chi connectivity index (χ1v) is 9.10. The van der Waals surface area contributed by atoms with Gasteiger partial charge in [0.2, 0.25) is 5.91 Å². The number of rotatable bonds is 9. The van der Waals surface area contributed by atoms with Gasteiger partial charge in [-0.05, 0) is 6.92 Å². The Morgan fingerprint density at radius 2 is 1.78 bits per heavy atom. The van der Waals surface area contributed by atoms with Crippen LogP contribution in [0.5, 0.6) is 0 Å². The van der Waals surface area contributed by atoms with Crippen molar-refractivity contribution in [2.24, 2.45) is 0 Å². The number of carboxylic acid groups (broad SMARTS) is 1. The number of aliphatic carboxylic acids is 1. The maximum atomic E-state index is 11.8. The van der Waals surface area contributed by atoms with Gasteiger partial charge in [0.05, 0.1) is 12.4 Å². The minimum absolute atomic E-state index is 0.0629. The Labute approximate surface area is 158 Å². The first-order valence-electron chi connectivity index (χ1n) is 7.94.